The van der Waals surface area contributed by atoms with E-state index in [9.17, 15) is 4.79 Å². The molecule has 1 saturated carbocycles. The summed E-state index contributed by atoms with van der Waals surface area (Å²) in [5.74, 6) is 1.53. The first-order valence-corrected chi connectivity index (χ1v) is 11.2. The lowest BCUT2D eigenvalue weighted by Crippen LogP contribution is -2.12. The second-order valence-corrected chi connectivity index (χ2v) is 9.13. The van der Waals surface area contributed by atoms with Crippen LogP contribution in [0, 0.1) is 19.8 Å². The van der Waals surface area contributed by atoms with Crippen molar-refractivity contribution < 1.29 is 4.79 Å². The number of rotatable bonds is 7. The molecular weight excluding hydrogens is 404 g/mol. The third-order valence-electron chi connectivity index (χ3n) is 4.50. The predicted molar refractivity (Wildman–Crippen MR) is 116 cm³/mol. The Hall–Kier alpha value is -2.52. The Bertz CT molecular complexity index is 1010. The minimum atomic E-state index is 0.110. The number of aromatic nitrogens is 4. The summed E-state index contributed by atoms with van der Waals surface area (Å²) in [5, 5.41) is 7.55. The lowest BCUT2D eigenvalue weighted by atomic mass is 10.3. The molecule has 2 heterocycles. The second kappa shape index (κ2) is 8.46. The highest BCUT2D eigenvalue weighted by atomic mass is 32.2. The predicted octanol–water partition coefficient (Wildman–Crippen LogP) is 4.75. The zero-order chi connectivity index (χ0) is 20.4. The van der Waals surface area contributed by atoms with Gasteiger partial charge in [0.1, 0.15) is 5.82 Å². The normalized spacial score (nSPS) is 13.3. The molecule has 150 valence electrons. The number of anilines is 3. The fourth-order valence-corrected chi connectivity index (χ4v) is 4.16. The summed E-state index contributed by atoms with van der Waals surface area (Å²) in [5.41, 5.74) is 1.82. The van der Waals surface area contributed by atoms with E-state index in [1.54, 1.807) is 11.3 Å². The van der Waals surface area contributed by atoms with Gasteiger partial charge in [-0.25, -0.2) is 9.97 Å². The van der Waals surface area contributed by atoms with Crippen LogP contribution >= 0.6 is 23.1 Å². The van der Waals surface area contributed by atoms with Crippen molar-refractivity contribution in [3.63, 3.8) is 0 Å². The Labute approximate surface area is 177 Å². The fraction of sp³-hybridized carbons (Fsp3) is 0.350. The van der Waals surface area contributed by atoms with E-state index in [1.807, 2.05) is 45.0 Å². The quantitative estimate of drug-likeness (QED) is 0.563. The van der Waals surface area contributed by atoms with Crippen LogP contribution in [0.1, 0.15) is 36.2 Å². The summed E-state index contributed by atoms with van der Waals surface area (Å²) in [7, 11) is 0. The van der Waals surface area contributed by atoms with Crippen molar-refractivity contribution in [1.29, 1.82) is 0 Å². The first kappa shape index (κ1) is 19.8. The van der Waals surface area contributed by atoms with E-state index in [-0.39, 0.29) is 11.8 Å². The van der Waals surface area contributed by atoms with Crippen molar-refractivity contribution in [2.24, 2.45) is 5.92 Å². The zero-order valence-electron chi connectivity index (χ0n) is 16.5. The number of amides is 1. The number of hydrogen-bond acceptors (Lipinski definition) is 8. The van der Waals surface area contributed by atoms with Crippen molar-refractivity contribution >= 4 is 45.8 Å². The lowest BCUT2D eigenvalue weighted by Gasteiger charge is -2.07. The van der Waals surface area contributed by atoms with E-state index in [0.717, 1.165) is 40.1 Å². The maximum atomic E-state index is 11.9. The van der Waals surface area contributed by atoms with Crippen LogP contribution in [0.3, 0.4) is 0 Å². The molecule has 29 heavy (non-hydrogen) atoms. The van der Waals surface area contributed by atoms with E-state index in [0.29, 0.717) is 17.5 Å². The summed E-state index contributed by atoms with van der Waals surface area (Å²) in [6, 6.07) is 7.74. The Morgan fingerprint density at radius 3 is 2.52 bits per heavy atom. The van der Waals surface area contributed by atoms with Gasteiger partial charge in [0.05, 0.1) is 5.69 Å². The largest absolute Gasteiger partial charge is 0.326 e. The first-order valence-electron chi connectivity index (χ1n) is 9.55. The van der Waals surface area contributed by atoms with Gasteiger partial charge in [-0.3, -0.25) is 10.1 Å². The number of thiazole rings is 1. The molecule has 1 fully saturated rings. The SMILES string of the molecule is CCc1nc(Nc2nc(C)c(C)s2)nc(Sc2ccc(NC(=O)C3CC3)cc2)n1. The van der Waals surface area contributed by atoms with Crippen LogP contribution in [0.15, 0.2) is 34.3 Å². The van der Waals surface area contributed by atoms with Gasteiger partial charge >= 0.3 is 0 Å². The molecular formula is C20H22N6OS2. The lowest BCUT2D eigenvalue weighted by molar-refractivity contribution is -0.117. The van der Waals surface area contributed by atoms with Gasteiger partial charge in [-0.1, -0.05) is 6.92 Å². The van der Waals surface area contributed by atoms with E-state index < -0.39 is 0 Å². The molecule has 0 saturated heterocycles. The van der Waals surface area contributed by atoms with Crippen molar-refractivity contribution in [1.82, 2.24) is 19.9 Å². The van der Waals surface area contributed by atoms with Gasteiger partial charge in [-0.15, -0.1) is 11.3 Å². The van der Waals surface area contributed by atoms with Crippen LogP contribution < -0.4 is 10.6 Å². The third-order valence-corrected chi connectivity index (χ3v) is 6.37. The smallest absolute Gasteiger partial charge is 0.233 e. The van der Waals surface area contributed by atoms with Gasteiger partial charge in [0.2, 0.25) is 11.9 Å². The first-order chi connectivity index (χ1) is 14.0. The molecule has 0 unspecified atom stereocenters. The second-order valence-electron chi connectivity index (χ2n) is 6.89. The van der Waals surface area contributed by atoms with Crippen LogP contribution in [-0.2, 0) is 11.2 Å². The molecule has 1 aromatic carbocycles. The Morgan fingerprint density at radius 1 is 1.14 bits per heavy atom. The maximum Gasteiger partial charge on any atom is 0.233 e. The molecule has 2 N–H and O–H groups in total. The molecule has 2 aromatic heterocycles. The summed E-state index contributed by atoms with van der Waals surface area (Å²) in [4.78, 5) is 32.1. The number of hydrogen-bond donors (Lipinski definition) is 2. The molecule has 0 aliphatic heterocycles. The molecule has 0 spiro atoms. The average Bonchev–Trinajstić information content (AvgIpc) is 3.50. The van der Waals surface area contributed by atoms with Gasteiger partial charge in [0, 0.05) is 27.8 Å². The van der Waals surface area contributed by atoms with Crippen molar-refractivity contribution in [2.75, 3.05) is 10.6 Å². The highest BCUT2D eigenvalue weighted by Crippen LogP contribution is 2.31. The number of aryl methyl sites for hydroxylation is 3. The van der Waals surface area contributed by atoms with Gasteiger partial charge in [0.25, 0.3) is 0 Å². The summed E-state index contributed by atoms with van der Waals surface area (Å²) < 4.78 is 0. The molecule has 1 aliphatic carbocycles. The number of carbonyl (C=O) groups excluding carboxylic acids is 1. The van der Waals surface area contributed by atoms with Crippen molar-refractivity contribution in [3.05, 3.63) is 40.7 Å². The van der Waals surface area contributed by atoms with E-state index in [1.165, 1.54) is 16.6 Å². The molecule has 4 rings (SSSR count). The highest BCUT2D eigenvalue weighted by molar-refractivity contribution is 7.99. The fourth-order valence-electron chi connectivity index (χ4n) is 2.58. The number of nitrogens with one attached hydrogen (secondary N) is 2. The Kier molecular flexibility index (Phi) is 5.77. The molecule has 7 nitrogen and oxygen atoms in total. The summed E-state index contributed by atoms with van der Waals surface area (Å²) in [6.07, 6.45) is 2.71. The van der Waals surface area contributed by atoms with E-state index in [4.69, 9.17) is 0 Å². The molecule has 0 radical (unpaired) electrons. The van der Waals surface area contributed by atoms with Gasteiger partial charge in [-0.05, 0) is 62.7 Å². The highest BCUT2D eigenvalue weighted by Gasteiger charge is 2.29. The Morgan fingerprint density at radius 2 is 1.90 bits per heavy atom. The van der Waals surface area contributed by atoms with Gasteiger partial charge in [0.15, 0.2) is 10.3 Å². The standard InChI is InChI=1S/C20H22N6OS2/c1-4-16-23-18(25-19-21-11(2)12(3)28-19)26-20(24-16)29-15-9-7-14(8-10-15)22-17(27)13-5-6-13/h7-10,13H,4-6H2,1-3H3,(H,22,27)(H,21,23,24,25,26). The minimum absolute atomic E-state index is 0.110. The van der Waals surface area contributed by atoms with Crippen molar-refractivity contribution in [3.8, 4) is 0 Å². The van der Waals surface area contributed by atoms with Crippen LogP contribution in [0.25, 0.3) is 0 Å². The molecule has 3 aromatic rings. The number of carbonyl (C=O) groups is 1. The molecule has 9 heteroatoms. The van der Waals surface area contributed by atoms with Gasteiger partial charge in [-0.2, -0.15) is 9.97 Å². The van der Waals surface area contributed by atoms with Crippen LogP contribution in [0.5, 0.6) is 0 Å². The van der Waals surface area contributed by atoms with E-state index >= 15 is 0 Å². The topological polar surface area (TPSA) is 92.7 Å². The third kappa shape index (κ3) is 5.10. The Balaban J connectivity index is 1.47. The van der Waals surface area contributed by atoms with Gasteiger partial charge < -0.3 is 5.32 Å². The van der Waals surface area contributed by atoms with E-state index in [2.05, 4.69) is 30.6 Å². The average molecular weight is 427 g/mol. The molecule has 1 aliphatic rings. The molecule has 0 atom stereocenters. The monoisotopic (exact) mass is 426 g/mol. The molecule has 0 bridgehead atoms. The maximum absolute atomic E-state index is 11.9. The van der Waals surface area contributed by atoms with Crippen LogP contribution in [-0.4, -0.2) is 25.8 Å². The van der Waals surface area contributed by atoms with Crippen LogP contribution in [0.2, 0.25) is 0 Å². The van der Waals surface area contributed by atoms with Crippen LogP contribution in [0.4, 0.5) is 16.8 Å². The zero-order valence-corrected chi connectivity index (χ0v) is 18.2. The molecule has 1 amide bonds. The minimum Gasteiger partial charge on any atom is -0.326 e. The van der Waals surface area contributed by atoms with Crippen molar-refractivity contribution in [2.45, 2.75) is 50.1 Å². The summed E-state index contributed by atoms with van der Waals surface area (Å²) >= 11 is 3.05. The number of benzene rings is 1. The number of nitrogens with zero attached hydrogens (tertiary/aromatic N) is 4. The summed E-state index contributed by atoms with van der Waals surface area (Å²) in [6.45, 7) is 6.05.